The molecule has 1 heterocycles. The summed E-state index contributed by atoms with van der Waals surface area (Å²) in [5.74, 6) is -1.21. The molecule has 0 bridgehead atoms. The molecule has 114 valence electrons. The summed E-state index contributed by atoms with van der Waals surface area (Å²) in [4.78, 5) is 26.2. The first-order valence-corrected chi connectivity index (χ1v) is 6.72. The molecule has 2 rings (SSSR count). The van der Waals surface area contributed by atoms with E-state index < -0.39 is 5.97 Å². The van der Waals surface area contributed by atoms with Gasteiger partial charge in [-0.25, -0.2) is 9.18 Å². The van der Waals surface area contributed by atoms with Crippen molar-refractivity contribution in [2.45, 2.75) is 6.92 Å². The van der Waals surface area contributed by atoms with E-state index in [9.17, 15) is 14.0 Å². The van der Waals surface area contributed by atoms with Crippen LogP contribution >= 0.6 is 0 Å². The fourth-order valence-electron chi connectivity index (χ4n) is 2.26. The van der Waals surface area contributed by atoms with Crippen LogP contribution in [0.25, 0.3) is 0 Å². The van der Waals surface area contributed by atoms with Gasteiger partial charge in [-0.15, -0.1) is 0 Å². The van der Waals surface area contributed by atoms with Crippen LogP contribution in [-0.4, -0.2) is 59.6 Å². The molecule has 0 unspecified atom stereocenters. The van der Waals surface area contributed by atoms with E-state index in [-0.39, 0.29) is 18.4 Å². The van der Waals surface area contributed by atoms with E-state index in [1.807, 2.05) is 0 Å². The third kappa shape index (κ3) is 4.16. The van der Waals surface area contributed by atoms with Crippen molar-refractivity contribution in [2.24, 2.45) is 0 Å². The molecule has 1 aromatic carbocycles. The van der Waals surface area contributed by atoms with E-state index in [1.165, 1.54) is 18.2 Å². The van der Waals surface area contributed by atoms with Gasteiger partial charge in [-0.3, -0.25) is 9.69 Å². The number of aryl methyl sites for hydroxylation is 1. The molecule has 2 amide bonds. The fourth-order valence-corrected chi connectivity index (χ4v) is 2.26. The Kier molecular flexibility index (Phi) is 4.74. The van der Waals surface area contributed by atoms with Gasteiger partial charge in [0, 0.05) is 31.9 Å². The van der Waals surface area contributed by atoms with Crippen molar-refractivity contribution in [3.63, 3.8) is 0 Å². The van der Waals surface area contributed by atoms with Crippen LogP contribution in [0, 0.1) is 12.7 Å². The van der Waals surface area contributed by atoms with Gasteiger partial charge < -0.3 is 15.3 Å². The summed E-state index contributed by atoms with van der Waals surface area (Å²) in [5.41, 5.74) is 1.24. The summed E-state index contributed by atoms with van der Waals surface area (Å²) < 4.78 is 13.0. The second-order valence-electron chi connectivity index (χ2n) is 5.05. The van der Waals surface area contributed by atoms with E-state index in [4.69, 9.17) is 5.11 Å². The molecule has 1 aromatic rings. The lowest BCUT2D eigenvalue weighted by atomic mass is 10.2. The SMILES string of the molecule is Cc1cc(F)ccc1NC(=O)N1CCN(CC(=O)O)CC1. The van der Waals surface area contributed by atoms with Gasteiger partial charge in [-0.05, 0) is 30.7 Å². The molecule has 2 N–H and O–H groups in total. The molecule has 0 saturated carbocycles. The zero-order valence-electron chi connectivity index (χ0n) is 11.8. The molecule has 6 nitrogen and oxygen atoms in total. The van der Waals surface area contributed by atoms with Crippen molar-refractivity contribution in [3.05, 3.63) is 29.6 Å². The van der Waals surface area contributed by atoms with Crippen molar-refractivity contribution in [1.82, 2.24) is 9.80 Å². The van der Waals surface area contributed by atoms with E-state index in [0.717, 1.165) is 0 Å². The first-order chi connectivity index (χ1) is 9.95. The normalized spacial score (nSPS) is 15.8. The molecule has 0 aliphatic carbocycles. The van der Waals surface area contributed by atoms with Crippen molar-refractivity contribution in [1.29, 1.82) is 0 Å². The summed E-state index contributed by atoms with van der Waals surface area (Å²) >= 11 is 0. The molecular formula is C14H18FN3O3. The molecule has 0 spiro atoms. The number of benzene rings is 1. The first-order valence-electron chi connectivity index (χ1n) is 6.72. The third-order valence-electron chi connectivity index (χ3n) is 3.45. The van der Waals surface area contributed by atoms with Crippen LogP contribution in [0.4, 0.5) is 14.9 Å². The zero-order chi connectivity index (χ0) is 15.4. The van der Waals surface area contributed by atoms with E-state index >= 15 is 0 Å². The number of hydrogen-bond donors (Lipinski definition) is 2. The molecule has 1 fully saturated rings. The Morgan fingerprint density at radius 1 is 1.29 bits per heavy atom. The number of nitrogens with zero attached hydrogens (tertiary/aromatic N) is 2. The lowest BCUT2D eigenvalue weighted by Gasteiger charge is -2.33. The quantitative estimate of drug-likeness (QED) is 0.883. The van der Waals surface area contributed by atoms with Gasteiger partial charge in [-0.2, -0.15) is 0 Å². The lowest BCUT2D eigenvalue weighted by molar-refractivity contribution is -0.138. The summed E-state index contributed by atoms with van der Waals surface area (Å²) in [6, 6.07) is 3.94. The highest BCUT2D eigenvalue weighted by molar-refractivity contribution is 5.90. The summed E-state index contributed by atoms with van der Waals surface area (Å²) in [5, 5.41) is 11.5. The van der Waals surface area contributed by atoms with Gasteiger partial charge in [0.15, 0.2) is 0 Å². The molecule has 7 heteroatoms. The van der Waals surface area contributed by atoms with Crippen LogP contribution < -0.4 is 5.32 Å². The Morgan fingerprint density at radius 3 is 2.52 bits per heavy atom. The van der Waals surface area contributed by atoms with Gasteiger partial charge in [0.25, 0.3) is 0 Å². The number of amides is 2. The molecular weight excluding hydrogens is 277 g/mol. The Labute approximate surface area is 122 Å². The number of hydrogen-bond acceptors (Lipinski definition) is 3. The molecule has 1 aliphatic heterocycles. The number of carboxylic acids is 1. The van der Waals surface area contributed by atoms with Crippen LogP contribution in [0.5, 0.6) is 0 Å². The van der Waals surface area contributed by atoms with Gasteiger partial charge >= 0.3 is 12.0 Å². The Balaban J connectivity index is 1.89. The van der Waals surface area contributed by atoms with Gasteiger partial charge in [-0.1, -0.05) is 0 Å². The highest BCUT2D eigenvalue weighted by Gasteiger charge is 2.22. The number of carboxylic acid groups (broad SMARTS) is 1. The Morgan fingerprint density at radius 2 is 1.95 bits per heavy atom. The smallest absolute Gasteiger partial charge is 0.321 e. The number of aliphatic carboxylic acids is 1. The lowest BCUT2D eigenvalue weighted by Crippen LogP contribution is -2.51. The monoisotopic (exact) mass is 295 g/mol. The number of urea groups is 1. The Bertz CT molecular complexity index is 542. The molecule has 1 aliphatic rings. The minimum absolute atomic E-state index is 0.00741. The second kappa shape index (κ2) is 6.53. The van der Waals surface area contributed by atoms with Crippen molar-refractivity contribution < 1.29 is 19.1 Å². The maximum atomic E-state index is 13.0. The number of carbonyl (C=O) groups is 2. The highest BCUT2D eigenvalue weighted by Crippen LogP contribution is 2.16. The van der Waals surface area contributed by atoms with Crippen LogP contribution in [0.2, 0.25) is 0 Å². The Hall–Kier alpha value is -2.15. The number of nitrogens with one attached hydrogen (secondary N) is 1. The maximum Gasteiger partial charge on any atom is 0.321 e. The zero-order valence-corrected chi connectivity index (χ0v) is 11.8. The predicted octanol–water partition coefficient (Wildman–Crippen LogP) is 1.37. The predicted molar refractivity (Wildman–Crippen MR) is 75.8 cm³/mol. The number of anilines is 1. The minimum Gasteiger partial charge on any atom is -0.480 e. The summed E-state index contributed by atoms with van der Waals surface area (Å²) in [7, 11) is 0. The van der Waals surface area contributed by atoms with E-state index in [2.05, 4.69) is 5.32 Å². The summed E-state index contributed by atoms with van der Waals surface area (Å²) in [6.45, 7) is 3.72. The summed E-state index contributed by atoms with van der Waals surface area (Å²) in [6.07, 6.45) is 0. The minimum atomic E-state index is -0.866. The largest absolute Gasteiger partial charge is 0.480 e. The maximum absolute atomic E-state index is 13.0. The van der Waals surface area contributed by atoms with Crippen LogP contribution in [0.1, 0.15) is 5.56 Å². The molecule has 21 heavy (non-hydrogen) atoms. The van der Waals surface area contributed by atoms with Crippen LogP contribution in [0.3, 0.4) is 0 Å². The van der Waals surface area contributed by atoms with Crippen molar-refractivity contribution >= 4 is 17.7 Å². The average Bonchev–Trinajstić information content (AvgIpc) is 2.42. The molecule has 0 atom stereocenters. The molecule has 1 saturated heterocycles. The number of rotatable bonds is 3. The van der Waals surface area contributed by atoms with Gasteiger partial charge in [0.05, 0.1) is 6.54 Å². The van der Waals surface area contributed by atoms with Crippen LogP contribution in [-0.2, 0) is 4.79 Å². The van der Waals surface area contributed by atoms with E-state index in [1.54, 1.807) is 16.7 Å². The number of halogens is 1. The van der Waals surface area contributed by atoms with Gasteiger partial charge in [0.1, 0.15) is 5.82 Å². The third-order valence-corrected chi connectivity index (χ3v) is 3.45. The number of piperazine rings is 1. The second-order valence-corrected chi connectivity index (χ2v) is 5.05. The number of carbonyl (C=O) groups excluding carboxylic acids is 1. The van der Waals surface area contributed by atoms with Gasteiger partial charge in [0.2, 0.25) is 0 Å². The highest BCUT2D eigenvalue weighted by atomic mass is 19.1. The first kappa shape index (κ1) is 15.2. The molecule has 0 radical (unpaired) electrons. The van der Waals surface area contributed by atoms with Crippen molar-refractivity contribution in [2.75, 3.05) is 38.0 Å². The fraction of sp³-hybridized carbons (Fsp3) is 0.429. The van der Waals surface area contributed by atoms with Crippen molar-refractivity contribution in [3.8, 4) is 0 Å². The molecule has 0 aromatic heterocycles. The average molecular weight is 295 g/mol. The van der Waals surface area contributed by atoms with E-state index in [0.29, 0.717) is 37.4 Å². The van der Waals surface area contributed by atoms with Crippen LogP contribution in [0.15, 0.2) is 18.2 Å². The topological polar surface area (TPSA) is 72.9 Å². The standard InChI is InChI=1S/C14H18FN3O3/c1-10-8-11(15)2-3-12(10)16-14(21)18-6-4-17(5-7-18)9-13(19)20/h2-3,8H,4-7,9H2,1H3,(H,16,21)(H,19,20).